The molecule has 0 fully saturated rings. The summed E-state index contributed by atoms with van der Waals surface area (Å²) in [5, 5.41) is 13.5. The zero-order valence-electron chi connectivity index (χ0n) is 10.7. The van der Waals surface area contributed by atoms with Gasteiger partial charge in [-0.2, -0.15) is 0 Å². The molecule has 0 radical (unpaired) electrons. The summed E-state index contributed by atoms with van der Waals surface area (Å²) in [5.41, 5.74) is -0.126. The topological polar surface area (TPSA) is 47.0 Å². The summed E-state index contributed by atoms with van der Waals surface area (Å²) >= 11 is 1.62. The van der Waals surface area contributed by atoms with Crippen LogP contribution in [0.1, 0.15) is 50.2 Å². The quantitative estimate of drug-likeness (QED) is 0.863. The van der Waals surface area contributed by atoms with Gasteiger partial charge in [0.05, 0.1) is 11.6 Å². The first-order valence-corrected chi connectivity index (χ1v) is 6.41. The lowest BCUT2D eigenvalue weighted by molar-refractivity contribution is -0.0152. The number of aromatic nitrogens is 2. The molecule has 1 aromatic heterocycles. The lowest BCUT2D eigenvalue weighted by Crippen LogP contribution is -2.18. The van der Waals surface area contributed by atoms with Crippen LogP contribution in [0, 0.1) is 0 Å². The van der Waals surface area contributed by atoms with E-state index in [9.17, 15) is 0 Å². The minimum Gasteiger partial charge on any atom is -0.369 e. The van der Waals surface area contributed by atoms with E-state index in [2.05, 4.69) is 22.4 Å². The Morgan fingerprint density at radius 2 is 2.06 bits per heavy atom. The standard InChI is InChI=1S/C11H21N3OS/c1-6-8(12-5)10-14-13-9(16-10)7-15-11(2,3)4/h8,12H,6-7H2,1-5H3. The second-order valence-electron chi connectivity index (χ2n) is 4.68. The maximum atomic E-state index is 5.66. The highest BCUT2D eigenvalue weighted by Crippen LogP contribution is 2.21. The van der Waals surface area contributed by atoms with Crippen molar-refractivity contribution in [2.24, 2.45) is 0 Å². The fourth-order valence-corrected chi connectivity index (χ4v) is 2.20. The maximum Gasteiger partial charge on any atom is 0.143 e. The zero-order chi connectivity index (χ0) is 12.2. The molecule has 0 aliphatic rings. The van der Waals surface area contributed by atoms with Crippen molar-refractivity contribution in [2.75, 3.05) is 7.05 Å². The van der Waals surface area contributed by atoms with Crippen LogP contribution in [0.2, 0.25) is 0 Å². The van der Waals surface area contributed by atoms with Crippen molar-refractivity contribution in [1.82, 2.24) is 15.5 Å². The van der Waals surface area contributed by atoms with Crippen molar-refractivity contribution in [1.29, 1.82) is 0 Å². The molecule has 5 heteroatoms. The molecular weight excluding hydrogens is 222 g/mol. The van der Waals surface area contributed by atoms with E-state index < -0.39 is 0 Å². The molecule has 0 saturated heterocycles. The lowest BCUT2D eigenvalue weighted by Gasteiger charge is -2.18. The van der Waals surface area contributed by atoms with E-state index in [0.717, 1.165) is 16.4 Å². The molecule has 0 aliphatic heterocycles. The Hall–Kier alpha value is -0.520. The van der Waals surface area contributed by atoms with Gasteiger partial charge in [-0.05, 0) is 34.2 Å². The molecule has 0 aromatic carbocycles. The maximum absolute atomic E-state index is 5.66. The largest absolute Gasteiger partial charge is 0.369 e. The van der Waals surface area contributed by atoms with Crippen LogP contribution < -0.4 is 5.32 Å². The van der Waals surface area contributed by atoms with E-state index in [1.54, 1.807) is 11.3 Å². The van der Waals surface area contributed by atoms with E-state index in [4.69, 9.17) is 4.74 Å². The normalized spacial score (nSPS) is 14.1. The average molecular weight is 243 g/mol. The minimum absolute atomic E-state index is 0.126. The Morgan fingerprint density at radius 3 is 2.56 bits per heavy atom. The van der Waals surface area contributed by atoms with Crippen LogP contribution in [0.3, 0.4) is 0 Å². The van der Waals surface area contributed by atoms with Gasteiger partial charge in [0.25, 0.3) is 0 Å². The molecule has 16 heavy (non-hydrogen) atoms. The van der Waals surface area contributed by atoms with E-state index in [0.29, 0.717) is 12.6 Å². The second-order valence-corrected chi connectivity index (χ2v) is 5.78. The molecule has 0 spiro atoms. The van der Waals surface area contributed by atoms with Crippen molar-refractivity contribution in [3.63, 3.8) is 0 Å². The van der Waals surface area contributed by atoms with Gasteiger partial charge in [0.15, 0.2) is 0 Å². The SMILES string of the molecule is CCC(NC)c1nnc(COC(C)(C)C)s1. The van der Waals surface area contributed by atoms with Crippen molar-refractivity contribution in [3.8, 4) is 0 Å². The summed E-state index contributed by atoms with van der Waals surface area (Å²) in [7, 11) is 1.95. The third kappa shape index (κ3) is 4.15. The molecule has 0 amide bonds. The number of nitrogens with zero attached hydrogens (tertiary/aromatic N) is 2. The van der Waals surface area contributed by atoms with Crippen LogP contribution in [0.25, 0.3) is 0 Å². The summed E-state index contributed by atoms with van der Waals surface area (Å²) in [4.78, 5) is 0. The molecule has 1 rings (SSSR count). The molecule has 1 atom stereocenters. The smallest absolute Gasteiger partial charge is 0.143 e. The van der Waals surface area contributed by atoms with Crippen LogP contribution in [0.5, 0.6) is 0 Å². The Balaban J connectivity index is 2.58. The summed E-state index contributed by atoms with van der Waals surface area (Å²) in [5.74, 6) is 0. The summed E-state index contributed by atoms with van der Waals surface area (Å²) in [6, 6.07) is 0.306. The van der Waals surface area contributed by atoms with Gasteiger partial charge in [-0.15, -0.1) is 10.2 Å². The predicted octanol–water partition coefficient (Wildman–Crippen LogP) is 2.52. The van der Waals surface area contributed by atoms with Crippen LogP contribution in [0.15, 0.2) is 0 Å². The monoisotopic (exact) mass is 243 g/mol. The van der Waals surface area contributed by atoms with Gasteiger partial charge in [0.2, 0.25) is 0 Å². The third-order valence-corrected chi connectivity index (χ3v) is 3.18. The highest BCUT2D eigenvalue weighted by molar-refractivity contribution is 7.11. The lowest BCUT2D eigenvalue weighted by atomic mass is 10.2. The highest BCUT2D eigenvalue weighted by Gasteiger charge is 2.15. The molecule has 1 aromatic rings. The number of ether oxygens (including phenoxy) is 1. The van der Waals surface area contributed by atoms with Crippen molar-refractivity contribution >= 4 is 11.3 Å². The number of nitrogens with one attached hydrogen (secondary N) is 1. The van der Waals surface area contributed by atoms with E-state index >= 15 is 0 Å². The first-order chi connectivity index (χ1) is 7.46. The highest BCUT2D eigenvalue weighted by atomic mass is 32.1. The minimum atomic E-state index is -0.126. The molecule has 0 aliphatic carbocycles. The first-order valence-electron chi connectivity index (χ1n) is 5.59. The van der Waals surface area contributed by atoms with Gasteiger partial charge >= 0.3 is 0 Å². The third-order valence-electron chi connectivity index (χ3n) is 2.17. The molecule has 1 heterocycles. The Bertz CT molecular complexity index is 315. The summed E-state index contributed by atoms with van der Waals surface area (Å²) in [6.45, 7) is 8.79. The molecule has 92 valence electrons. The first kappa shape index (κ1) is 13.5. The van der Waals surface area contributed by atoms with Gasteiger partial charge in [0, 0.05) is 0 Å². The van der Waals surface area contributed by atoms with Crippen LogP contribution in [0.4, 0.5) is 0 Å². The van der Waals surface area contributed by atoms with Gasteiger partial charge in [0.1, 0.15) is 16.6 Å². The van der Waals surface area contributed by atoms with Gasteiger partial charge in [-0.3, -0.25) is 0 Å². The average Bonchev–Trinajstić information content (AvgIpc) is 2.65. The van der Waals surface area contributed by atoms with E-state index in [-0.39, 0.29) is 5.60 Å². The van der Waals surface area contributed by atoms with E-state index in [1.807, 2.05) is 27.8 Å². The van der Waals surface area contributed by atoms with Gasteiger partial charge in [-0.1, -0.05) is 18.3 Å². The number of rotatable bonds is 5. The summed E-state index contributed by atoms with van der Waals surface area (Å²) in [6.07, 6.45) is 1.02. The second kappa shape index (κ2) is 5.70. The van der Waals surface area contributed by atoms with Crippen molar-refractivity contribution in [3.05, 3.63) is 10.0 Å². The Labute approximate surface area is 101 Å². The molecular formula is C11H21N3OS. The Morgan fingerprint density at radius 1 is 1.38 bits per heavy atom. The molecule has 0 saturated carbocycles. The van der Waals surface area contributed by atoms with Crippen molar-refractivity contribution < 1.29 is 4.74 Å². The Kier molecular flexibility index (Phi) is 4.83. The predicted molar refractivity (Wildman–Crippen MR) is 66.5 cm³/mol. The van der Waals surface area contributed by atoms with Crippen LogP contribution in [-0.2, 0) is 11.3 Å². The van der Waals surface area contributed by atoms with Crippen molar-refractivity contribution in [2.45, 2.75) is 52.4 Å². The molecule has 0 bridgehead atoms. The van der Waals surface area contributed by atoms with Gasteiger partial charge < -0.3 is 10.1 Å². The zero-order valence-corrected chi connectivity index (χ0v) is 11.5. The van der Waals surface area contributed by atoms with Crippen LogP contribution >= 0.6 is 11.3 Å². The fraction of sp³-hybridized carbons (Fsp3) is 0.818. The fourth-order valence-electron chi connectivity index (χ4n) is 1.25. The summed E-state index contributed by atoms with van der Waals surface area (Å²) < 4.78 is 5.66. The molecule has 4 nitrogen and oxygen atoms in total. The number of hydrogen-bond acceptors (Lipinski definition) is 5. The number of hydrogen-bond donors (Lipinski definition) is 1. The van der Waals surface area contributed by atoms with Crippen LogP contribution in [-0.4, -0.2) is 22.8 Å². The molecule has 1 unspecified atom stereocenters. The van der Waals surface area contributed by atoms with Gasteiger partial charge in [-0.25, -0.2) is 0 Å². The molecule has 1 N–H and O–H groups in total. The van der Waals surface area contributed by atoms with E-state index in [1.165, 1.54) is 0 Å².